The number of halogens is 2. The number of hydrogen-bond acceptors (Lipinski definition) is 3. The van der Waals surface area contributed by atoms with Crippen LogP contribution in [0.5, 0.6) is 0 Å². The van der Waals surface area contributed by atoms with Gasteiger partial charge in [0.15, 0.2) is 0 Å². The third kappa shape index (κ3) is 5.46. The molecule has 1 aromatic carbocycles. The van der Waals surface area contributed by atoms with Gasteiger partial charge >= 0.3 is 0 Å². The minimum atomic E-state index is -0.384. The average molecular weight is 319 g/mol. The summed E-state index contributed by atoms with van der Waals surface area (Å²) in [6, 6.07) is 4.53. The number of carbonyl (C=O) groups is 1. The van der Waals surface area contributed by atoms with Crippen LogP contribution in [0, 0.1) is 5.82 Å². The monoisotopic (exact) mass is 318 g/mol. The van der Waals surface area contributed by atoms with Gasteiger partial charge in [0.1, 0.15) is 5.82 Å². The predicted octanol–water partition coefficient (Wildman–Crippen LogP) is 2.15. The second-order valence-electron chi connectivity index (χ2n) is 3.67. The molecule has 0 saturated carbocycles. The molecule has 4 nitrogen and oxygen atoms in total. The van der Waals surface area contributed by atoms with Crippen molar-refractivity contribution in [2.75, 3.05) is 32.1 Å². The van der Waals surface area contributed by atoms with Gasteiger partial charge in [0.25, 0.3) is 0 Å². The number of amides is 1. The molecule has 1 rings (SSSR count). The van der Waals surface area contributed by atoms with Gasteiger partial charge in [0.2, 0.25) is 5.91 Å². The maximum atomic E-state index is 13.3. The van der Waals surface area contributed by atoms with E-state index >= 15 is 0 Å². The van der Waals surface area contributed by atoms with Crippen LogP contribution in [-0.4, -0.2) is 32.7 Å². The molecule has 0 atom stereocenters. The summed E-state index contributed by atoms with van der Waals surface area (Å²) in [7, 11) is 1.61. The van der Waals surface area contributed by atoms with Crippen molar-refractivity contribution in [2.45, 2.75) is 6.42 Å². The van der Waals surface area contributed by atoms with E-state index < -0.39 is 0 Å². The SMILES string of the molecule is COCCCNC(=O)CNc1cc(Br)ccc1F. The summed E-state index contributed by atoms with van der Waals surface area (Å²) in [5, 5.41) is 5.45. The zero-order valence-corrected chi connectivity index (χ0v) is 11.7. The molecular formula is C12H16BrFN2O2. The first kappa shape index (κ1) is 14.9. The number of rotatable bonds is 7. The second-order valence-corrected chi connectivity index (χ2v) is 4.59. The fourth-order valence-electron chi connectivity index (χ4n) is 1.32. The molecule has 6 heteroatoms. The van der Waals surface area contributed by atoms with Gasteiger partial charge < -0.3 is 15.4 Å². The molecule has 1 amide bonds. The van der Waals surface area contributed by atoms with Crippen molar-refractivity contribution in [1.29, 1.82) is 0 Å². The van der Waals surface area contributed by atoms with Crippen LogP contribution in [-0.2, 0) is 9.53 Å². The molecule has 0 spiro atoms. The van der Waals surface area contributed by atoms with Gasteiger partial charge in [-0.3, -0.25) is 4.79 Å². The normalized spacial score (nSPS) is 10.2. The van der Waals surface area contributed by atoms with Crippen LogP contribution in [0.1, 0.15) is 6.42 Å². The predicted molar refractivity (Wildman–Crippen MR) is 72.1 cm³/mol. The van der Waals surface area contributed by atoms with Crippen LogP contribution in [0.4, 0.5) is 10.1 Å². The molecule has 0 aliphatic heterocycles. The fourth-order valence-corrected chi connectivity index (χ4v) is 1.68. The Morgan fingerprint density at radius 3 is 3.00 bits per heavy atom. The van der Waals surface area contributed by atoms with Crippen molar-refractivity contribution in [1.82, 2.24) is 5.32 Å². The third-order valence-corrected chi connectivity index (χ3v) is 2.71. The summed E-state index contributed by atoms with van der Waals surface area (Å²) in [5.74, 6) is -0.559. The van der Waals surface area contributed by atoms with Crippen LogP contribution in [0.2, 0.25) is 0 Å². The molecule has 2 N–H and O–H groups in total. The van der Waals surface area contributed by atoms with Crippen LogP contribution in [0.15, 0.2) is 22.7 Å². The standard InChI is InChI=1S/C12H16BrFN2O2/c1-18-6-2-5-15-12(17)8-16-11-7-9(13)3-4-10(11)14/h3-4,7,16H,2,5-6,8H2,1H3,(H,15,17). The van der Waals surface area contributed by atoms with Gasteiger partial charge in [-0.25, -0.2) is 4.39 Å². The van der Waals surface area contributed by atoms with Crippen LogP contribution in [0.3, 0.4) is 0 Å². The maximum Gasteiger partial charge on any atom is 0.239 e. The summed E-state index contributed by atoms with van der Waals surface area (Å²) < 4.78 is 19.0. The summed E-state index contributed by atoms with van der Waals surface area (Å²) in [6.07, 6.45) is 0.757. The molecule has 0 bridgehead atoms. The Kier molecular flexibility index (Phi) is 6.67. The van der Waals surface area contributed by atoms with Gasteiger partial charge in [-0.2, -0.15) is 0 Å². The molecule has 1 aromatic rings. The van der Waals surface area contributed by atoms with Gasteiger partial charge in [0.05, 0.1) is 12.2 Å². The van der Waals surface area contributed by atoms with E-state index in [0.717, 1.165) is 10.9 Å². The molecule has 100 valence electrons. The Hall–Kier alpha value is -1.14. The van der Waals surface area contributed by atoms with Crippen molar-refractivity contribution in [2.24, 2.45) is 0 Å². The summed E-state index contributed by atoms with van der Waals surface area (Å²) in [6.45, 7) is 1.20. The second kappa shape index (κ2) is 8.05. The maximum absolute atomic E-state index is 13.3. The number of hydrogen-bond donors (Lipinski definition) is 2. The summed E-state index contributed by atoms with van der Waals surface area (Å²) in [5.41, 5.74) is 0.302. The highest BCUT2D eigenvalue weighted by Gasteiger charge is 2.05. The van der Waals surface area contributed by atoms with Crippen molar-refractivity contribution in [3.63, 3.8) is 0 Å². The average Bonchev–Trinajstić information content (AvgIpc) is 2.36. The summed E-state index contributed by atoms with van der Waals surface area (Å²) in [4.78, 5) is 11.4. The number of benzene rings is 1. The number of methoxy groups -OCH3 is 1. The van der Waals surface area contributed by atoms with E-state index in [1.807, 2.05) is 0 Å². The van der Waals surface area contributed by atoms with Gasteiger partial charge in [-0.05, 0) is 24.6 Å². The number of ether oxygens (including phenoxy) is 1. The zero-order chi connectivity index (χ0) is 13.4. The number of anilines is 1. The Morgan fingerprint density at radius 2 is 2.28 bits per heavy atom. The van der Waals surface area contributed by atoms with E-state index in [2.05, 4.69) is 26.6 Å². The van der Waals surface area contributed by atoms with Gasteiger partial charge in [-0.1, -0.05) is 15.9 Å². The highest BCUT2D eigenvalue weighted by molar-refractivity contribution is 9.10. The molecule has 0 heterocycles. The van der Waals surface area contributed by atoms with Gasteiger partial charge in [-0.15, -0.1) is 0 Å². The van der Waals surface area contributed by atoms with E-state index in [0.29, 0.717) is 18.8 Å². The quantitative estimate of drug-likeness (QED) is 0.757. The van der Waals surface area contributed by atoms with Crippen LogP contribution in [0.25, 0.3) is 0 Å². The molecule has 18 heavy (non-hydrogen) atoms. The number of nitrogens with one attached hydrogen (secondary N) is 2. The minimum absolute atomic E-state index is 0.0420. The topological polar surface area (TPSA) is 50.4 Å². The lowest BCUT2D eigenvalue weighted by molar-refractivity contribution is -0.119. The lowest BCUT2D eigenvalue weighted by Gasteiger charge is -2.08. The zero-order valence-electron chi connectivity index (χ0n) is 10.1. The highest BCUT2D eigenvalue weighted by Crippen LogP contribution is 2.19. The Bertz CT molecular complexity index is 402. The largest absolute Gasteiger partial charge is 0.385 e. The van der Waals surface area contributed by atoms with Crippen LogP contribution < -0.4 is 10.6 Å². The van der Waals surface area contributed by atoms with Crippen molar-refractivity contribution in [3.05, 3.63) is 28.5 Å². The van der Waals surface area contributed by atoms with Crippen molar-refractivity contribution in [3.8, 4) is 0 Å². The summed E-state index contributed by atoms with van der Waals surface area (Å²) >= 11 is 3.24. The molecule has 0 saturated heterocycles. The lowest BCUT2D eigenvalue weighted by atomic mass is 10.3. The van der Waals surface area contributed by atoms with E-state index in [1.54, 1.807) is 19.2 Å². The minimum Gasteiger partial charge on any atom is -0.385 e. The van der Waals surface area contributed by atoms with E-state index in [1.165, 1.54) is 6.07 Å². The fraction of sp³-hybridized carbons (Fsp3) is 0.417. The van der Waals surface area contributed by atoms with E-state index in [9.17, 15) is 9.18 Å². The molecular weight excluding hydrogens is 303 g/mol. The first-order valence-electron chi connectivity index (χ1n) is 5.58. The molecule has 0 fully saturated rings. The molecule has 0 unspecified atom stereocenters. The highest BCUT2D eigenvalue weighted by atomic mass is 79.9. The Balaban J connectivity index is 2.31. The molecule has 0 aliphatic rings. The van der Waals surface area contributed by atoms with Crippen LogP contribution >= 0.6 is 15.9 Å². The first-order chi connectivity index (χ1) is 8.63. The van der Waals surface area contributed by atoms with Crippen molar-refractivity contribution < 1.29 is 13.9 Å². The Labute approximate surface area is 114 Å². The first-order valence-corrected chi connectivity index (χ1v) is 6.37. The third-order valence-electron chi connectivity index (χ3n) is 2.22. The molecule has 0 radical (unpaired) electrons. The van der Waals surface area contributed by atoms with E-state index in [-0.39, 0.29) is 18.3 Å². The van der Waals surface area contributed by atoms with Gasteiger partial charge in [0, 0.05) is 24.7 Å². The number of carbonyl (C=O) groups excluding carboxylic acids is 1. The lowest BCUT2D eigenvalue weighted by Crippen LogP contribution is -2.31. The van der Waals surface area contributed by atoms with E-state index in [4.69, 9.17) is 4.74 Å². The Morgan fingerprint density at radius 1 is 1.50 bits per heavy atom. The molecule has 0 aliphatic carbocycles. The van der Waals surface area contributed by atoms with Crippen molar-refractivity contribution >= 4 is 27.5 Å². The smallest absolute Gasteiger partial charge is 0.239 e. The molecule has 0 aromatic heterocycles.